The third-order valence-corrected chi connectivity index (χ3v) is 3.22. The van der Waals surface area contributed by atoms with Gasteiger partial charge in [0.05, 0.1) is 6.54 Å². The predicted octanol–water partition coefficient (Wildman–Crippen LogP) is 2.11. The van der Waals surface area contributed by atoms with Crippen molar-refractivity contribution in [3.63, 3.8) is 0 Å². The molecule has 0 spiro atoms. The summed E-state index contributed by atoms with van der Waals surface area (Å²) in [4.78, 5) is 0. The average Bonchev–Trinajstić information content (AvgIpc) is 2.68. The van der Waals surface area contributed by atoms with E-state index in [2.05, 4.69) is 27.6 Å². The minimum Gasteiger partial charge on any atom is -0.317 e. The zero-order valence-corrected chi connectivity index (χ0v) is 11.4. The van der Waals surface area contributed by atoms with Crippen LogP contribution in [0.15, 0.2) is 24.3 Å². The van der Waals surface area contributed by atoms with Crippen molar-refractivity contribution >= 4 is 11.6 Å². The van der Waals surface area contributed by atoms with Crippen LogP contribution in [-0.2, 0) is 20.0 Å². The minimum atomic E-state index is 0.741. The first-order chi connectivity index (χ1) is 8.66. The fourth-order valence-corrected chi connectivity index (χ4v) is 1.81. The van der Waals surface area contributed by atoms with Crippen molar-refractivity contribution in [1.82, 2.24) is 20.1 Å². The Morgan fingerprint density at radius 3 is 2.56 bits per heavy atom. The number of benzene rings is 1. The Balaban J connectivity index is 1.76. The molecule has 0 saturated heterocycles. The number of halogens is 1. The van der Waals surface area contributed by atoms with Crippen LogP contribution < -0.4 is 5.32 Å². The highest BCUT2D eigenvalue weighted by atomic mass is 35.5. The Hall–Kier alpha value is -1.39. The Morgan fingerprint density at radius 2 is 1.94 bits per heavy atom. The lowest BCUT2D eigenvalue weighted by Crippen LogP contribution is -2.19. The van der Waals surface area contributed by atoms with E-state index in [1.807, 2.05) is 30.7 Å². The summed E-state index contributed by atoms with van der Waals surface area (Å²) in [5.74, 6) is 1.90. The molecule has 1 aromatic carbocycles. The zero-order chi connectivity index (χ0) is 13.0. The summed E-state index contributed by atoms with van der Waals surface area (Å²) in [5.41, 5.74) is 1.28. The van der Waals surface area contributed by atoms with Gasteiger partial charge in [-0.2, -0.15) is 0 Å². The van der Waals surface area contributed by atoms with E-state index < -0.39 is 0 Å². The second-order valence-electron chi connectivity index (χ2n) is 4.28. The van der Waals surface area contributed by atoms with Crippen LogP contribution >= 0.6 is 11.6 Å². The van der Waals surface area contributed by atoms with Gasteiger partial charge in [0.25, 0.3) is 0 Å². The van der Waals surface area contributed by atoms with E-state index in [1.165, 1.54) is 5.56 Å². The van der Waals surface area contributed by atoms with E-state index in [9.17, 15) is 0 Å². The van der Waals surface area contributed by atoms with Crippen LogP contribution in [0.25, 0.3) is 0 Å². The number of nitrogens with one attached hydrogen (secondary N) is 1. The molecule has 2 aromatic rings. The fraction of sp³-hybridized carbons (Fsp3) is 0.385. The molecule has 0 amide bonds. The third-order valence-electron chi connectivity index (χ3n) is 2.97. The van der Waals surface area contributed by atoms with Crippen molar-refractivity contribution < 1.29 is 0 Å². The van der Waals surface area contributed by atoms with Crippen molar-refractivity contribution in [3.05, 3.63) is 46.5 Å². The smallest absolute Gasteiger partial charge is 0.146 e. The van der Waals surface area contributed by atoms with E-state index in [-0.39, 0.29) is 0 Å². The van der Waals surface area contributed by atoms with Crippen LogP contribution in [0.4, 0.5) is 0 Å². The molecular formula is C13H17ClN4. The average molecular weight is 265 g/mol. The third kappa shape index (κ3) is 3.31. The number of rotatable bonds is 5. The van der Waals surface area contributed by atoms with Crippen molar-refractivity contribution in [2.75, 3.05) is 6.54 Å². The van der Waals surface area contributed by atoms with E-state index in [0.717, 1.165) is 36.2 Å². The monoisotopic (exact) mass is 264 g/mol. The number of nitrogens with zero attached hydrogens (tertiary/aromatic N) is 3. The van der Waals surface area contributed by atoms with Gasteiger partial charge in [-0.1, -0.05) is 23.7 Å². The van der Waals surface area contributed by atoms with Gasteiger partial charge < -0.3 is 9.88 Å². The minimum absolute atomic E-state index is 0.741. The molecule has 4 nitrogen and oxygen atoms in total. The van der Waals surface area contributed by atoms with Crippen molar-refractivity contribution in [2.24, 2.45) is 7.05 Å². The topological polar surface area (TPSA) is 42.7 Å². The fourth-order valence-electron chi connectivity index (χ4n) is 1.69. The normalized spacial score (nSPS) is 10.8. The Bertz CT molecular complexity index is 504. The Kier molecular flexibility index (Phi) is 4.33. The van der Waals surface area contributed by atoms with Gasteiger partial charge in [-0.3, -0.25) is 0 Å². The molecule has 0 saturated carbocycles. The highest BCUT2D eigenvalue weighted by molar-refractivity contribution is 6.30. The van der Waals surface area contributed by atoms with Gasteiger partial charge in [-0.15, -0.1) is 10.2 Å². The van der Waals surface area contributed by atoms with Crippen LogP contribution in [0.2, 0.25) is 5.02 Å². The van der Waals surface area contributed by atoms with E-state index >= 15 is 0 Å². The molecule has 0 unspecified atom stereocenters. The van der Waals surface area contributed by atoms with Gasteiger partial charge in [-0.25, -0.2) is 0 Å². The van der Waals surface area contributed by atoms with Crippen molar-refractivity contribution in [1.29, 1.82) is 0 Å². The molecule has 5 heteroatoms. The second-order valence-corrected chi connectivity index (χ2v) is 4.71. The molecule has 0 aliphatic heterocycles. The molecule has 18 heavy (non-hydrogen) atoms. The van der Waals surface area contributed by atoms with Gasteiger partial charge in [0.15, 0.2) is 0 Å². The maximum Gasteiger partial charge on any atom is 0.146 e. The molecule has 0 bridgehead atoms. The largest absolute Gasteiger partial charge is 0.317 e. The SMILES string of the molecule is Cc1nnc(CNCCc2ccc(Cl)cc2)n1C. The summed E-state index contributed by atoms with van der Waals surface area (Å²) in [6, 6.07) is 7.94. The highest BCUT2D eigenvalue weighted by Gasteiger charge is 2.03. The van der Waals surface area contributed by atoms with Gasteiger partial charge in [0.2, 0.25) is 0 Å². The van der Waals surface area contributed by atoms with Crippen LogP contribution in [-0.4, -0.2) is 21.3 Å². The number of aryl methyl sites for hydroxylation is 1. The molecule has 0 aliphatic carbocycles. The summed E-state index contributed by atoms with van der Waals surface area (Å²) >= 11 is 5.84. The number of aromatic nitrogens is 3. The number of hydrogen-bond acceptors (Lipinski definition) is 3. The van der Waals surface area contributed by atoms with Crippen molar-refractivity contribution in [2.45, 2.75) is 19.9 Å². The summed E-state index contributed by atoms with van der Waals surface area (Å²) in [7, 11) is 1.98. The molecular weight excluding hydrogens is 248 g/mol. The Labute approximate surface area is 112 Å². The predicted molar refractivity (Wildman–Crippen MR) is 72.6 cm³/mol. The maximum atomic E-state index is 5.84. The lowest BCUT2D eigenvalue weighted by Gasteiger charge is -2.05. The summed E-state index contributed by atoms with van der Waals surface area (Å²) in [5, 5.41) is 12.3. The van der Waals surface area contributed by atoms with Crippen molar-refractivity contribution in [3.8, 4) is 0 Å². The standard InChI is InChI=1S/C13H17ClN4/c1-10-16-17-13(18(10)2)9-15-8-7-11-3-5-12(14)6-4-11/h3-6,15H,7-9H2,1-2H3. The van der Waals surface area contributed by atoms with Gasteiger partial charge in [0.1, 0.15) is 11.6 Å². The lowest BCUT2D eigenvalue weighted by molar-refractivity contribution is 0.633. The van der Waals surface area contributed by atoms with Crippen LogP contribution in [0, 0.1) is 6.92 Å². The second kappa shape index (κ2) is 5.98. The Morgan fingerprint density at radius 1 is 1.22 bits per heavy atom. The quantitative estimate of drug-likeness (QED) is 0.841. The molecule has 1 heterocycles. The van der Waals surface area contributed by atoms with E-state index in [4.69, 9.17) is 11.6 Å². The van der Waals surface area contributed by atoms with Crippen LogP contribution in [0.1, 0.15) is 17.2 Å². The molecule has 2 rings (SSSR count). The highest BCUT2D eigenvalue weighted by Crippen LogP contribution is 2.09. The molecule has 0 radical (unpaired) electrons. The van der Waals surface area contributed by atoms with E-state index in [0.29, 0.717) is 0 Å². The van der Waals surface area contributed by atoms with Gasteiger partial charge in [0, 0.05) is 12.1 Å². The van der Waals surface area contributed by atoms with Gasteiger partial charge >= 0.3 is 0 Å². The first kappa shape index (κ1) is 13.1. The molecule has 1 N–H and O–H groups in total. The number of hydrogen-bond donors (Lipinski definition) is 1. The molecule has 0 fully saturated rings. The molecule has 0 atom stereocenters. The molecule has 0 aliphatic rings. The van der Waals surface area contributed by atoms with Crippen LogP contribution in [0.3, 0.4) is 0 Å². The lowest BCUT2D eigenvalue weighted by atomic mass is 10.1. The summed E-state index contributed by atoms with van der Waals surface area (Å²) in [6.07, 6.45) is 0.980. The molecule has 1 aromatic heterocycles. The van der Waals surface area contributed by atoms with Gasteiger partial charge in [-0.05, 0) is 37.6 Å². The van der Waals surface area contributed by atoms with E-state index in [1.54, 1.807) is 0 Å². The first-order valence-electron chi connectivity index (χ1n) is 5.97. The zero-order valence-electron chi connectivity index (χ0n) is 10.7. The summed E-state index contributed by atoms with van der Waals surface area (Å²) < 4.78 is 2.00. The first-order valence-corrected chi connectivity index (χ1v) is 6.34. The summed E-state index contributed by atoms with van der Waals surface area (Å²) in [6.45, 7) is 3.60. The van der Waals surface area contributed by atoms with Crippen LogP contribution in [0.5, 0.6) is 0 Å². The maximum absolute atomic E-state index is 5.84. The molecule has 96 valence electrons.